The van der Waals surface area contributed by atoms with E-state index in [0.717, 1.165) is 4.47 Å². The third kappa shape index (κ3) is 1.92. The van der Waals surface area contributed by atoms with Gasteiger partial charge in [0.15, 0.2) is 5.78 Å². The summed E-state index contributed by atoms with van der Waals surface area (Å²) < 4.78 is 0.743. The Hall–Kier alpha value is -1.62. The molecule has 76 valence electrons. The van der Waals surface area contributed by atoms with Crippen molar-refractivity contribution in [1.29, 1.82) is 0 Å². The molecule has 2 N–H and O–H groups in total. The number of phenols is 1. The third-order valence-electron chi connectivity index (χ3n) is 1.96. The van der Waals surface area contributed by atoms with Gasteiger partial charge in [0.05, 0.1) is 17.3 Å². The Bertz CT molecular complexity index is 494. The number of aromatic nitrogens is 2. The number of benzene rings is 1. The van der Waals surface area contributed by atoms with Gasteiger partial charge < -0.3 is 5.11 Å². The zero-order valence-electron chi connectivity index (χ0n) is 7.57. The van der Waals surface area contributed by atoms with Crippen LogP contribution >= 0.6 is 15.9 Å². The smallest absolute Gasteiger partial charge is 0.199 e. The molecule has 5 heteroatoms. The normalized spacial score (nSPS) is 10.2. The van der Waals surface area contributed by atoms with Crippen LogP contribution in [0.2, 0.25) is 0 Å². The number of nitrogens with one attached hydrogen (secondary N) is 1. The summed E-state index contributed by atoms with van der Waals surface area (Å²) in [7, 11) is 0. The van der Waals surface area contributed by atoms with Crippen LogP contribution in [0.4, 0.5) is 0 Å². The summed E-state index contributed by atoms with van der Waals surface area (Å²) in [5, 5.41) is 15.8. The number of phenolic OH excluding ortho intramolecular Hbond substituents is 1. The molecule has 1 heterocycles. The standard InChI is InChI=1S/C10H7BrN2O2/c11-7-1-2-9(14)8(3-7)10(15)6-4-12-13-5-6/h1-5,14H,(H,12,13). The second-order valence-corrected chi connectivity index (χ2v) is 3.89. The maximum absolute atomic E-state index is 11.8. The summed E-state index contributed by atoms with van der Waals surface area (Å²) in [6.07, 6.45) is 2.91. The van der Waals surface area contributed by atoms with Crippen molar-refractivity contribution in [3.63, 3.8) is 0 Å². The Kier molecular flexibility index (Phi) is 2.55. The highest BCUT2D eigenvalue weighted by Gasteiger charge is 2.14. The van der Waals surface area contributed by atoms with Gasteiger partial charge in [-0.15, -0.1) is 0 Å². The van der Waals surface area contributed by atoms with Crippen LogP contribution in [0, 0.1) is 0 Å². The van der Waals surface area contributed by atoms with E-state index in [2.05, 4.69) is 26.1 Å². The predicted octanol–water partition coefficient (Wildman–Crippen LogP) is 2.11. The van der Waals surface area contributed by atoms with E-state index in [9.17, 15) is 9.90 Å². The highest BCUT2D eigenvalue weighted by molar-refractivity contribution is 9.10. The van der Waals surface area contributed by atoms with Crippen LogP contribution < -0.4 is 0 Å². The molecule has 2 rings (SSSR count). The molecule has 1 aromatic carbocycles. The number of halogens is 1. The van der Waals surface area contributed by atoms with Crippen LogP contribution in [-0.4, -0.2) is 21.1 Å². The van der Waals surface area contributed by atoms with E-state index in [0.29, 0.717) is 5.56 Å². The second kappa shape index (κ2) is 3.86. The van der Waals surface area contributed by atoms with Crippen LogP contribution in [0.25, 0.3) is 0 Å². The quantitative estimate of drug-likeness (QED) is 0.819. The van der Waals surface area contributed by atoms with Gasteiger partial charge >= 0.3 is 0 Å². The van der Waals surface area contributed by atoms with Crippen molar-refractivity contribution in [2.24, 2.45) is 0 Å². The molecule has 0 aliphatic carbocycles. The Balaban J connectivity index is 2.46. The number of carbonyl (C=O) groups excluding carboxylic acids is 1. The average molecular weight is 267 g/mol. The summed E-state index contributed by atoms with van der Waals surface area (Å²) >= 11 is 3.24. The van der Waals surface area contributed by atoms with Gasteiger partial charge in [0, 0.05) is 10.7 Å². The molecular formula is C10H7BrN2O2. The molecular weight excluding hydrogens is 260 g/mol. The molecule has 0 radical (unpaired) electrons. The maximum Gasteiger partial charge on any atom is 0.199 e. The topological polar surface area (TPSA) is 66.0 Å². The number of H-pyrrole nitrogens is 1. The lowest BCUT2D eigenvalue weighted by Crippen LogP contribution is -2.00. The largest absolute Gasteiger partial charge is 0.507 e. The van der Waals surface area contributed by atoms with Gasteiger partial charge in [-0.2, -0.15) is 5.10 Å². The van der Waals surface area contributed by atoms with Crippen molar-refractivity contribution in [2.75, 3.05) is 0 Å². The summed E-state index contributed by atoms with van der Waals surface area (Å²) in [6, 6.07) is 4.71. The van der Waals surface area contributed by atoms with Crippen molar-refractivity contribution in [3.8, 4) is 5.75 Å². The van der Waals surface area contributed by atoms with Crippen molar-refractivity contribution < 1.29 is 9.90 Å². The van der Waals surface area contributed by atoms with E-state index in [1.165, 1.54) is 18.5 Å². The Morgan fingerprint density at radius 2 is 2.27 bits per heavy atom. The molecule has 0 atom stereocenters. The third-order valence-corrected chi connectivity index (χ3v) is 2.46. The fourth-order valence-electron chi connectivity index (χ4n) is 1.22. The van der Waals surface area contributed by atoms with E-state index in [1.807, 2.05) is 0 Å². The monoisotopic (exact) mass is 266 g/mol. The van der Waals surface area contributed by atoms with Gasteiger partial charge in [-0.25, -0.2) is 0 Å². The van der Waals surface area contributed by atoms with Crippen LogP contribution in [-0.2, 0) is 0 Å². The molecule has 0 bridgehead atoms. The molecule has 0 saturated carbocycles. The minimum absolute atomic E-state index is 0.0376. The van der Waals surface area contributed by atoms with Gasteiger partial charge in [0.2, 0.25) is 0 Å². The molecule has 0 aliphatic heterocycles. The Morgan fingerprint density at radius 3 is 2.93 bits per heavy atom. The van der Waals surface area contributed by atoms with Crippen molar-refractivity contribution in [2.45, 2.75) is 0 Å². The maximum atomic E-state index is 11.8. The summed E-state index contributed by atoms with van der Waals surface area (Å²) in [6.45, 7) is 0. The van der Waals surface area contributed by atoms with E-state index < -0.39 is 0 Å². The summed E-state index contributed by atoms with van der Waals surface area (Å²) in [5.74, 6) is -0.299. The van der Waals surface area contributed by atoms with Gasteiger partial charge in [0.25, 0.3) is 0 Å². The van der Waals surface area contributed by atoms with Gasteiger partial charge in [-0.1, -0.05) is 15.9 Å². The summed E-state index contributed by atoms with van der Waals surface area (Å²) in [4.78, 5) is 11.8. The van der Waals surface area contributed by atoms with E-state index in [4.69, 9.17) is 0 Å². The predicted molar refractivity (Wildman–Crippen MR) is 57.8 cm³/mol. The zero-order chi connectivity index (χ0) is 10.8. The van der Waals surface area contributed by atoms with Crippen LogP contribution in [0.5, 0.6) is 5.75 Å². The Labute approximate surface area is 94.1 Å². The SMILES string of the molecule is O=C(c1cn[nH]c1)c1cc(Br)ccc1O. The van der Waals surface area contributed by atoms with E-state index in [-0.39, 0.29) is 17.1 Å². The molecule has 0 fully saturated rings. The average Bonchev–Trinajstić information content (AvgIpc) is 2.74. The van der Waals surface area contributed by atoms with E-state index in [1.54, 1.807) is 12.1 Å². The Morgan fingerprint density at radius 1 is 1.47 bits per heavy atom. The summed E-state index contributed by atoms with van der Waals surface area (Å²) in [5.41, 5.74) is 0.675. The molecule has 0 amide bonds. The number of nitrogens with zero attached hydrogens (tertiary/aromatic N) is 1. The highest BCUT2D eigenvalue weighted by atomic mass is 79.9. The van der Waals surface area contributed by atoms with Gasteiger partial charge in [0.1, 0.15) is 5.75 Å². The van der Waals surface area contributed by atoms with Crippen molar-refractivity contribution >= 4 is 21.7 Å². The number of hydrogen-bond acceptors (Lipinski definition) is 3. The van der Waals surface area contributed by atoms with Crippen molar-refractivity contribution in [1.82, 2.24) is 10.2 Å². The molecule has 2 aromatic rings. The minimum atomic E-state index is -0.262. The number of aromatic hydroxyl groups is 1. The molecule has 0 aliphatic rings. The first-order valence-electron chi connectivity index (χ1n) is 4.20. The van der Waals surface area contributed by atoms with Crippen LogP contribution in [0.3, 0.4) is 0 Å². The number of rotatable bonds is 2. The van der Waals surface area contributed by atoms with E-state index >= 15 is 0 Å². The van der Waals surface area contributed by atoms with Gasteiger partial charge in [-0.3, -0.25) is 9.89 Å². The lowest BCUT2D eigenvalue weighted by Gasteiger charge is -2.02. The van der Waals surface area contributed by atoms with Crippen LogP contribution in [0.1, 0.15) is 15.9 Å². The number of aromatic amines is 1. The minimum Gasteiger partial charge on any atom is -0.507 e. The lowest BCUT2D eigenvalue weighted by atomic mass is 10.1. The first-order chi connectivity index (χ1) is 7.18. The zero-order valence-corrected chi connectivity index (χ0v) is 9.15. The first-order valence-corrected chi connectivity index (χ1v) is 5.00. The lowest BCUT2D eigenvalue weighted by molar-refractivity contribution is 0.103. The fourth-order valence-corrected chi connectivity index (χ4v) is 1.58. The molecule has 1 aromatic heterocycles. The van der Waals surface area contributed by atoms with Crippen LogP contribution in [0.15, 0.2) is 35.1 Å². The number of hydrogen-bond donors (Lipinski definition) is 2. The second-order valence-electron chi connectivity index (χ2n) is 2.98. The number of ketones is 1. The van der Waals surface area contributed by atoms with Gasteiger partial charge in [-0.05, 0) is 18.2 Å². The number of carbonyl (C=O) groups is 1. The molecule has 15 heavy (non-hydrogen) atoms. The first kappa shape index (κ1) is 9.92. The molecule has 0 unspecified atom stereocenters. The molecule has 4 nitrogen and oxygen atoms in total. The highest BCUT2D eigenvalue weighted by Crippen LogP contribution is 2.24. The molecule has 0 spiro atoms. The van der Waals surface area contributed by atoms with Crippen molar-refractivity contribution in [3.05, 3.63) is 46.2 Å². The molecule has 0 saturated heterocycles. The fraction of sp³-hybridized carbons (Fsp3) is 0.